The van der Waals surface area contributed by atoms with Crippen molar-refractivity contribution >= 4 is 27.5 Å². The zero-order valence-corrected chi connectivity index (χ0v) is 12.5. The molecule has 0 atom stereocenters. The van der Waals surface area contributed by atoms with E-state index in [4.69, 9.17) is 0 Å². The summed E-state index contributed by atoms with van der Waals surface area (Å²) in [6.45, 7) is 3.40. The molecule has 0 bridgehead atoms. The zero-order valence-electron chi connectivity index (χ0n) is 10.9. The monoisotopic (exact) mass is 338 g/mol. The van der Waals surface area contributed by atoms with Crippen LogP contribution in [0.4, 0.5) is 10.1 Å². The van der Waals surface area contributed by atoms with E-state index in [0.717, 1.165) is 0 Å². The molecule has 20 heavy (non-hydrogen) atoms. The number of nitrogens with one attached hydrogen (secondary N) is 2. The summed E-state index contributed by atoms with van der Waals surface area (Å²) in [4.78, 5) is 26.3. The highest BCUT2D eigenvalue weighted by Gasteiger charge is 2.13. The second kappa shape index (κ2) is 5.58. The number of carbonyl (C=O) groups excluding carboxylic acids is 1. The molecule has 0 saturated carbocycles. The van der Waals surface area contributed by atoms with Crippen molar-refractivity contribution in [3.63, 3.8) is 0 Å². The number of rotatable bonds is 2. The second-order valence-corrected chi connectivity index (χ2v) is 5.27. The molecule has 1 amide bonds. The third kappa shape index (κ3) is 2.96. The van der Waals surface area contributed by atoms with Gasteiger partial charge in [0.25, 0.3) is 11.5 Å². The second-order valence-electron chi connectivity index (χ2n) is 4.42. The van der Waals surface area contributed by atoms with Crippen molar-refractivity contribution in [1.29, 1.82) is 0 Å². The fourth-order valence-corrected chi connectivity index (χ4v) is 2.06. The Hall–Kier alpha value is -1.95. The average molecular weight is 339 g/mol. The van der Waals surface area contributed by atoms with Crippen molar-refractivity contribution in [2.45, 2.75) is 13.8 Å². The van der Waals surface area contributed by atoms with Gasteiger partial charge in [-0.1, -0.05) is 0 Å². The van der Waals surface area contributed by atoms with Gasteiger partial charge in [0.05, 0.1) is 4.47 Å². The van der Waals surface area contributed by atoms with E-state index in [2.05, 4.69) is 26.2 Å². The van der Waals surface area contributed by atoms with Crippen molar-refractivity contribution in [1.82, 2.24) is 4.98 Å². The van der Waals surface area contributed by atoms with Crippen LogP contribution in [-0.2, 0) is 0 Å². The van der Waals surface area contributed by atoms with Gasteiger partial charge in [-0.3, -0.25) is 9.59 Å². The van der Waals surface area contributed by atoms with E-state index in [1.54, 1.807) is 19.9 Å². The first-order valence-electron chi connectivity index (χ1n) is 5.85. The molecule has 0 aliphatic rings. The number of anilines is 1. The first-order valence-corrected chi connectivity index (χ1v) is 6.64. The lowest BCUT2D eigenvalue weighted by atomic mass is 10.1. The molecule has 0 saturated heterocycles. The number of aromatic amines is 1. The molecule has 1 heterocycles. The molecule has 2 N–H and O–H groups in total. The van der Waals surface area contributed by atoms with Crippen LogP contribution in [0.25, 0.3) is 0 Å². The average Bonchev–Trinajstić information content (AvgIpc) is 2.35. The van der Waals surface area contributed by atoms with Crippen LogP contribution in [0, 0.1) is 19.7 Å². The number of pyridine rings is 1. The largest absolute Gasteiger partial charge is 0.326 e. The molecule has 2 rings (SSSR count). The van der Waals surface area contributed by atoms with Crippen LogP contribution in [0.1, 0.15) is 21.6 Å². The van der Waals surface area contributed by atoms with Crippen LogP contribution in [0.15, 0.2) is 33.5 Å². The molecule has 0 spiro atoms. The first-order chi connectivity index (χ1) is 9.38. The lowest BCUT2D eigenvalue weighted by Crippen LogP contribution is -2.23. The molecule has 0 fully saturated rings. The van der Waals surface area contributed by atoms with Crippen LogP contribution in [0.3, 0.4) is 0 Å². The Kier molecular flexibility index (Phi) is 4.04. The number of H-pyrrole nitrogens is 1. The molecular formula is C14H12BrFN2O2. The van der Waals surface area contributed by atoms with Gasteiger partial charge in [-0.05, 0) is 59.6 Å². The Morgan fingerprint density at radius 2 is 2.00 bits per heavy atom. The van der Waals surface area contributed by atoms with Gasteiger partial charge in [0.2, 0.25) is 0 Å². The molecular weight excluding hydrogens is 327 g/mol. The molecule has 104 valence electrons. The standard InChI is InChI=1S/C14H12BrFN2O2/c1-7-5-11(16)10(15)6-12(7)18-14(20)9-4-3-8(2)17-13(9)19/h3-6H,1-2H3,(H,17,19)(H,18,20). The minimum Gasteiger partial charge on any atom is -0.326 e. The highest BCUT2D eigenvalue weighted by atomic mass is 79.9. The van der Waals surface area contributed by atoms with Gasteiger partial charge < -0.3 is 10.3 Å². The van der Waals surface area contributed by atoms with E-state index >= 15 is 0 Å². The number of benzene rings is 1. The Bertz CT molecular complexity index is 740. The summed E-state index contributed by atoms with van der Waals surface area (Å²) in [6.07, 6.45) is 0. The van der Waals surface area contributed by atoms with Crippen LogP contribution in [0.2, 0.25) is 0 Å². The first kappa shape index (κ1) is 14.5. The van der Waals surface area contributed by atoms with Crippen LogP contribution in [0.5, 0.6) is 0 Å². The van der Waals surface area contributed by atoms with Crippen molar-refractivity contribution in [2.75, 3.05) is 5.32 Å². The van der Waals surface area contributed by atoms with Gasteiger partial charge in [-0.15, -0.1) is 0 Å². The maximum absolute atomic E-state index is 13.3. The summed E-state index contributed by atoms with van der Waals surface area (Å²) >= 11 is 3.06. The Morgan fingerprint density at radius 1 is 1.30 bits per heavy atom. The molecule has 2 aromatic rings. The van der Waals surface area contributed by atoms with E-state index in [1.807, 2.05) is 0 Å². The summed E-state index contributed by atoms with van der Waals surface area (Å²) in [6, 6.07) is 5.87. The predicted molar refractivity (Wildman–Crippen MR) is 78.6 cm³/mol. The van der Waals surface area contributed by atoms with Crippen LogP contribution < -0.4 is 10.9 Å². The van der Waals surface area contributed by atoms with E-state index in [0.29, 0.717) is 16.9 Å². The summed E-state index contributed by atoms with van der Waals surface area (Å²) in [5.74, 6) is -0.943. The van der Waals surface area contributed by atoms with Crippen molar-refractivity contribution in [2.24, 2.45) is 0 Å². The molecule has 1 aromatic carbocycles. The number of aromatic nitrogens is 1. The fourth-order valence-electron chi connectivity index (χ4n) is 1.72. The maximum Gasteiger partial charge on any atom is 0.261 e. The lowest BCUT2D eigenvalue weighted by Gasteiger charge is -2.09. The van der Waals surface area contributed by atoms with Gasteiger partial charge in [0.1, 0.15) is 11.4 Å². The Morgan fingerprint density at radius 3 is 2.65 bits per heavy atom. The number of halogens is 2. The lowest BCUT2D eigenvalue weighted by molar-refractivity contribution is 0.102. The minimum absolute atomic E-state index is 0.00967. The number of hydrogen-bond acceptors (Lipinski definition) is 2. The zero-order chi connectivity index (χ0) is 14.9. The molecule has 0 aliphatic carbocycles. The van der Waals surface area contributed by atoms with Crippen molar-refractivity contribution in [3.8, 4) is 0 Å². The van der Waals surface area contributed by atoms with Gasteiger partial charge in [-0.25, -0.2) is 4.39 Å². The summed E-state index contributed by atoms with van der Waals surface area (Å²) in [5.41, 5.74) is 1.25. The van der Waals surface area contributed by atoms with Crippen LogP contribution >= 0.6 is 15.9 Å². The highest BCUT2D eigenvalue weighted by Crippen LogP contribution is 2.24. The van der Waals surface area contributed by atoms with E-state index in [1.165, 1.54) is 18.2 Å². The number of hydrogen-bond donors (Lipinski definition) is 2. The van der Waals surface area contributed by atoms with Gasteiger partial charge in [0.15, 0.2) is 0 Å². The van der Waals surface area contributed by atoms with E-state index in [9.17, 15) is 14.0 Å². The third-order valence-corrected chi connectivity index (χ3v) is 3.42. The van der Waals surface area contributed by atoms with E-state index in [-0.39, 0.29) is 10.0 Å². The molecule has 6 heteroatoms. The Labute approximate surface area is 123 Å². The highest BCUT2D eigenvalue weighted by molar-refractivity contribution is 9.10. The normalized spacial score (nSPS) is 10.4. The minimum atomic E-state index is -0.534. The number of carbonyl (C=O) groups is 1. The topological polar surface area (TPSA) is 62.0 Å². The molecule has 4 nitrogen and oxygen atoms in total. The van der Waals surface area contributed by atoms with Crippen LogP contribution in [-0.4, -0.2) is 10.9 Å². The molecule has 1 aromatic heterocycles. The summed E-state index contributed by atoms with van der Waals surface area (Å²) < 4.78 is 13.6. The third-order valence-electron chi connectivity index (χ3n) is 2.82. The summed E-state index contributed by atoms with van der Waals surface area (Å²) in [7, 11) is 0. The molecule has 0 aliphatic heterocycles. The quantitative estimate of drug-likeness (QED) is 0.883. The van der Waals surface area contributed by atoms with Gasteiger partial charge in [-0.2, -0.15) is 0 Å². The van der Waals surface area contributed by atoms with Crippen molar-refractivity contribution in [3.05, 3.63) is 61.7 Å². The van der Waals surface area contributed by atoms with Crippen molar-refractivity contribution < 1.29 is 9.18 Å². The van der Waals surface area contributed by atoms with Gasteiger partial charge >= 0.3 is 0 Å². The predicted octanol–water partition coefficient (Wildman–Crippen LogP) is 3.15. The SMILES string of the molecule is Cc1ccc(C(=O)Nc2cc(Br)c(F)cc2C)c(=O)[nH]1. The molecule has 0 radical (unpaired) electrons. The maximum atomic E-state index is 13.3. The summed E-state index contributed by atoms with van der Waals surface area (Å²) in [5, 5.41) is 2.60. The smallest absolute Gasteiger partial charge is 0.261 e. The van der Waals surface area contributed by atoms with Gasteiger partial charge in [0, 0.05) is 11.4 Å². The Balaban J connectivity index is 2.33. The fraction of sp³-hybridized carbons (Fsp3) is 0.143. The van der Waals surface area contributed by atoms with E-state index < -0.39 is 17.3 Å². The number of amides is 1. The number of aryl methyl sites for hydroxylation is 2. The molecule has 0 unspecified atom stereocenters.